The van der Waals surface area contributed by atoms with Crippen LogP contribution in [0.1, 0.15) is 28.2 Å². The van der Waals surface area contributed by atoms with Crippen molar-refractivity contribution in [2.24, 2.45) is 10.9 Å². The van der Waals surface area contributed by atoms with Gasteiger partial charge in [0.2, 0.25) is 0 Å². The molecule has 12 heteroatoms. The van der Waals surface area contributed by atoms with Crippen LogP contribution in [-0.2, 0) is 20.7 Å². The van der Waals surface area contributed by atoms with Crippen LogP contribution in [0.2, 0.25) is 0 Å². The van der Waals surface area contributed by atoms with E-state index in [1.54, 1.807) is 33.5 Å². The number of alkyl halides is 3. The summed E-state index contributed by atoms with van der Waals surface area (Å²) < 4.78 is 29.0. The topological polar surface area (TPSA) is 108 Å². The molecule has 0 radical (unpaired) electrons. The number of carbonyl (C=O) groups is 1. The number of methoxy groups -OCH3 is 4. The lowest BCUT2D eigenvalue weighted by Crippen LogP contribution is -2.62. The van der Waals surface area contributed by atoms with Crippen LogP contribution in [0.3, 0.4) is 0 Å². The quantitative estimate of drug-likeness (QED) is 0.165. The lowest BCUT2D eigenvalue weighted by atomic mass is 9.68. The molecule has 2 heterocycles. The van der Waals surface area contributed by atoms with E-state index in [-0.39, 0.29) is 0 Å². The van der Waals surface area contributed by atoms with Gasteiger partial charge in [0.15, 0.2) is 21.2 Å². The van der Waals surface area contributed by atoms with Crippen molar-refractivity contribution in [1.29, 1.82) is 0 Å². The number of hydrogen-bond acceptors (Lipinski definition) is 9. The monoisotopic (exact) mass is 710 g/mol. The zero-order valence-electron chi connectivity index (χ0n) is 26.4. The Kier molecular flexibility index (Phi) is 9.17. The number of ether oxygens (including phenoxy) is 5. The highest BCUT2D eigenvalue weighted by atomic mass is 35.6. The Bertz CT molecular complexity index is 1820. The number of amidine groups is 1. The highest BCUT2D eigenvalue weighted by Gasteiger charge is 2.87. The van der Waals surface area contributed by atoms with Gasteiger partial charge in [-0.15, -0.1) is 0 Å². The van der Waals surface area contributed by atoms with Crippen molar-refractivity contribution in [3.8, 4) is 23.0 Å². The number of benzene rings is 4. The van der Waals surface area contributed by atoms with Gasteiger partial charge in [-0.3, -0.25) is 4.79 Å². The van der Waals surface area contributed by atoms with Gasteiger partial charge >= 0.3 is 5.97 Å². The molecule has 0 aromatic heterocycles. The first kappa shape index (κ1) is 33.7. The molecule has 4 aromatic carbocycles. The minimum absolute atomic E-state index is 0.394. The third-order valence-electron chi connectivity index (χ3n) is 9.21. The molecule has 1 spiro atoms. The van der Waals surface area contributed by atoms with Crippen LogP contribution < -0.4 is 24.3 Å². The SMILES string of the molecule is COC(=O)[C@@H]1[C@@H](c2ccccc2)[C@]2(c3ccc(OC)cc3)Oc3cc(OC)cc(OC)c3[C@@]23N=C(c2ccccc2)N[C@@]13O.ClC(Cl)Cl. The average molecular weight is 712 g/mol. The van der Waals surface area contributed by atoms with Gasteiger partial charge in [-0.1, -0.05) is 108 Å². The molecular formula is C36H33Cl3N2O7. The lowest BCUT2D eigenvalue weighted by Gasteiger charge is -2.42. The molecule has 2 aliphatic heterocycles. The number of aliphatic hydroxyl groups is 1. The number of rotatable bonds is 7. The van der Waals surface area contributed by atoms with E-state index in [0.717, 1.165) is 11.1 Å². The standard InChI is InChI=1S/C35H32N2O7.CHCl3/c1-40-24-17-15-23(16-18-24)33-28(21-11-7-5-8-12-21)30(32(38)43-4)35(39)34(33,36-31(37-35)22-13-9-6-10-14-22)29-26(42-3)19-25(41-2)20-27(29)44-33;2-1(3)4/h5-20,28,30,39H,1-4H3,(H,36,37);1H/t28-,30+,33+,34-,35-;/m1./s1. The predicted molar refractivity (Wildman–Crippen MR) is 184 cm³/mol. The second-order valence-corrected chi connectivity index (χ2v) is 13.3. The third kappa shape index (κ3) is 4.94. The Labute approximate surface area is 293 Å². The van der Waals surface area contributed by atoms with Crippen LogP contribution in [0.5, 0.6) is 23.0 Å². The summed E-state index contributed by atoms with van der Waals surface area (Å²) in [7, 11) is 6.03. The Hall–Kier alpha value is -4.15. The molecule has 3 aliphatic rings. The van der Waals surface area contributed by atoms with Gasteiger partial charge in [-0.05, 0) is 23.3 Å². The molecule has 0 amide bonds. The number of nitrogens with one attached hydrogen (secondary N) is 1. The number of carbonyl (C=O) groups excluding carboxylic acids is 1. The van der Waals surface area contributed by atoms with E-state index in [1.807, 2.05) is 84.9 Å². The zero-order chi connectivity index (χ0) is 34.3. The van der Waals surface area contributed by atoms with Crippen LogP contribution >= 0.6 is 34.8 Å². The Morgan fingerprint density at radius 3 is 2.02 bits per heavy atom. The molecule has 7 rings (SSSR count). The van der Waals surface area contributed by atoms with Crippen molar-refractivity contribution in [2.75, 3.05) is 28.4 Å². The number of fused-ring (bicyclic) bond motifs is 1. The fraction of sp³-hybridized carbons (Fsp3) is 0.278. The molecule has 1 saturated carbocycles. The molecule has 9 nitrogen and oxygen atoms in total. The molecule has 0 unspecified atom stereocenters. The maximum absolute atomic E-state index is 14.1. The van der Waals surface area contributed by atoms with E-state index in [0.29, 0.717) is 40.0 Å². The van der Waals surface area contributed by atoms with Crippen molar-refractivity contribution < 1.29 is 33.6 Å². The highest BCUT2D eigenvalue weighted by molar-refractivity contribution is 6.63. The van der Waals surface area contributed by atoms with E-state index in [4.69, 9.17) is 63.5 Å². The molecule has 0 bridgehead atoms. The third-order valence-corrected chi connectivity index (χ3v) is 9.21. The molecule has 2 N–H and O–H groups in total. The van der Waals surface area contributed by atoms with Gasteiger partial charge in [-0.2, -0.15) is 0 Å². The normalized spacial score (nSPS) is 26.1. The summed E-state index contributed by atoms with van der Waals surface area (Å²) in [6, 6.07) is 30.0. The average Bonchev–Trinajstić information content (AvgIpc) is 3.65. The van der Waals surface area contributed by atoms with E-state index >= 15 is 0 Å². The molecule has 5 atom stereocenters. The van der Waals surface area contributed by atoms with Crippen LogP contribution in [0, 0.1) is 5.92 Å². The number of aliphatic imine (C=N–C) groups is 1. The van der Waals surface area contributed by atoms with E-state index in [2.05, 4.69) is 5.32 Å². The smallest absolute Gasteiger partial charge is 0.314 e. The summed E-state index contributed by atoms with van der Waals surface area (Å²) in [4.78, 5) is 19.5. The second kappa shape index (κ2) is 13.0. The van der Waals surface area contributed by atoms with Crippen LogP contribution in [0.25, 0.3) is 0 Å². The van der Waals surface area contributed by atoms with Gasteiger partial charge in [-0.25, -0.2) is 4.99 Å². The highest BCUT2D eigenvalue weighted by Crippen LogP contribution is 2.75. The fourth-order valence-corrected chi connectivity index (χ4v) is 7.49. The molecule has 1 aliphatic carbocycles. The zero-order valence-corrected chi connectivity index (χ0v) is 28.7. The maximum Gasteiger partial charge on any atom is 0.314 e. The molecular weight excluding hydrogens is 679 g/mol. The molecule has 48 heavy (non-hydrogen) atoms. The van der Waals surface area contributed by atoms with Gasteiger partial charge in [0.05, 0.1) is 34.0 Å². The van der Waals surface area contributed by atoms with Crippen LogP contribution in [0.15, 0.2) is 102 Å². The molecule has 250 valence electrons. The first-order chi connectivity index (χ1) is 23.1. The van der Waals surface area contributed by atoms with E-state index < -0.39 is 39.0 Å². The van der Waals surface area contributed by atoms with E-state index in [9.17, 15) is 9.90 Å². The Morgan fingerprint density at radius 2 is 1.46 bits per heavy atom. The molecule has 0 saturated heterocycles. The van der Waals surface area contributed by atoms with E-state index in [1.165, 1.54) is 7.11 Å². The number of esters is 1. The Balaban J connectivity index is 0.000000952. The van der Waals surface area contributed by atoms with Crippen molar-refractivity contribution in [1.82, 2.24) is 5.32 Å². The Morgan fingerprint density at radius 1 is 0.854 bits per heavy atom. The second-order valence-electron chi connectivity index (χ2n) is 11.3. The first-order valence-electron chi connectivity index (χ1n) is 14.9. The summed E-state index contributed by atoms with van der Waals surface area (Å²) >= 11 is 14.4. The van der Waals surface area contributed by atoms with Gasteiger partial charge in [0.25, 0.3) is 0 Å². The minimum Gasteiger partial charge on any atom is -0.497 e. The minimum atomic E-state index is -2.04. The van der Waals surface area contributed by atoms with Gasteiger partial charge < -0.3 is 34.1 Å². The molecule has 1 fully saturated rings. The predicted octanol–water partition coefficient (Wildman–Crippen LogP) is 6.51. The number of hydrogen-bond donors (Lipinski definition) is 2. The summed E-state index contributed by atoms with van der Waals surface area (Å²) in [5, 5.41) is 16.6. The number of halogens is 3. The van der Waals surface area contributed by atoms with Crippen molar-refractivity contribution in [2.45, 2.75) is 27.1 Å². The van der Waals surface area contributed by atoms with Crippen LogP contribution in [0.4, 0.5) is 0 Å². The van der Waals surface area contributed by atoms with Crippen molar-refractivity contribution >= 4 is 46.6 Å². The van der Waals surface area contributed by atoms with Gasteiger partial charge in [0, 0.05) is 23.6 Å². The lowest BCUT2D eigenvalue weighted by molar-refractivity contribution is -0.158. The number of nitrogens with zero attached hydrogens (tertiary/aromatic N) is 1. The summed E-state index contributed by atoms with van der Waals surface area (Å²) in [6.45, 7) is 0. The van der Waals surface area contributed by atoms with Crippen molar-refractivity contribution in [3.63, 3.8) is 0 Å². The summed E-state index contributed by atoms with van der Waals surface area (Å²) in [5.41, 5.74) is -2.52. The van der Waals surface area contributed by atoms with Crippen LogP contribution in [-0.4, -0.2) is 55.4 Å². The van der Waals surface area contributed by atoms with Gasteiger partial charge in [0.1, 0.15) is 34.8 Å². The summed E-state index contributed by atoms with van der Waals surface area (Å²) in [5.74, 6) is -0.221. The maximum atomic E-state index is 14.1. The largest absolute Gasteiger partial charge is 0.497 e. The van der Waals surface area contributed by atoms with Crippen molar-refractivity contribution in [3.05, 3.63) is 119 Å². The summed E-state index contributed by atoms with van der Waals surface area (Å²) in [6.07, 6.45) is 0. The molecule has 4 aromatic rings. The fourth-order valence-electron chi connectivity index (χ4n) is 7.49. The first-order valence-corrected chi connectivity index (χ1v) is 16.2.